The van der Waals surface area contributed by atoms with Gasteiger partial charge < -0.3 is 4.57 Å². The lowest BCUT2D eigenvalue weighted by Gasteiger charge is -2.14. The maximum Gasteiger partial charge on any atom is 0.380 e. The Bertz CT molecular complexity index is 348. The van der Waals surface area contributed by atoms with Gasteiger partial charge in [-0.2, -0.15) is 0 Å². The third kappa shape index (κ3) is 2.38. The molecule has 14 heavy (non-hydrogen) atoms. The molecule has 1 amide bonds. The van der Waals surface area contributed by atoms with Gasteiger partial charge in [0.25, 0.3) is 5.82 Å². The van der Waals surface area contributed by atoms with Gasteiger partial charge in [-0.1, -0.05) is 0 Å². The molecule has 0 unspecified atom stereocenters. The van der Waals surface area contributed by atoms with Gasteiger partial charge in [-0.15, -0.1) is 10.2 Å². The van der Waals surface area contributed by atoms with Crippen molar-refractivity contribution >= 4 is 5.91 Å². The maximum absolute atomic E-state index is 11.7. The Balaban J connectivity index is 2.86. The number of carbonyl (C=O) groups excluding carboxylic acids is 1. The van der Waals surface area contributed by atoms with Crippen molar-refractivity contribution in [3.63, 3.8) is 0 Å². The second-order valence-electron chi connectivity index (χ2n) is 4.50. The molecule has 1 rings (SSSR count). The monoisotopic (exact) mass is 197 g/mol. The fourth-order valence-electron chi connectivity index (χ4n) is 1.08. The zero-order valence-electron chi connectivity index (χ0n) is 9.33. The van der Waals surface area contributed by atoms with Crippen LogP contribution in [0.4, 0.5) is 0 Å². The van der Waals surface area contributed by atoms with Crippen molar-refractivity contribution in [3.05, 3.63) is 11.6 Å². The summed E-state index contributed by atoms with van der Waals surface area (Å²) in [6.07, 6.45) is 0. The number of carbonyl (C=O) groups is 1. The fraction of sp³-hybridized carbons (Fsp3) is 0.667. The van der Waals surface area contributed by atoms with Gasteiger partial charge in [0.15, 0.2) is 0 Å². The first-order valence-electron chi connectivity index (χ1n) is 4.57. The molecule has 5 heteroatoms. The minimum atomic E-state index is -0.128. The number of amides is 1. The largest absolute Gasteiger partial charge is 0.380 e. The Hall–Kier alpha value is -1.23. The molecule has 0 bridgehead atoms. The summed E-state index contributed by atoms with van der Waals surface area (Å²) in [5, 5.41) is 9.33. The van der Waals surface area contributed by atoms with E-state index in [1.54, 1.807) is 16.9 Å². The third-order valence-electron chi connectivity index (χ3n) is 1.88. The van der Waals surface area contributed by atoms with E-state index in [4.69, 9.17) is 0 Å². The molecule has 2 N–H and O–H groups in total. The summed E-state index contributed by atoms with van der Waals surface area (Å²) in [4.78, 5) is 11.7. The molecule has 0 saturated heterocycles. The van der Waals surface area contributed by atoms with Crippen molar-refractivity contribution < 1.29 is 10.1 Å². The molecule has 0 atom stereocenters. The minimum absolute atomic E-state index is 0.0689. The van der Waals surface area contributed by atoms with Crippen LogP contribution in [0.2, 0.25) is 0 Å². The molecule has 0 spiro atoms. The molecular formula is C9H17N4O+. The number of hydrogen-bond donors (Lipinski definition) is 1. The van der Waals surface area contributed by atoms with E-state index in [-0.39, 0.29) is 11.4 Å². The predicted octanol–water partition coefficient (Wildman–Crippen LogP) is -0.374. The second kappa shape index (κ2) is 3.49. The first kappa shape index (κ1) is 10.8. The van der Waals surface area contributed by atoms with Crippen molar-refractivity contribution in [2.45, 2.75) is 33.2 Å². The molecule has 0 aliphatic heterocycles. The summed E-state index contributed by atoms with van der Waals surface area (Å²) in [6.45, 7) is 7.76. The van der Waals surface area contributed by atoms with Gasteiger partial charge in [-0.3, -0.25) is 5.32 Å². The molecule has 78 valence electrons. The normalized spacial score (nSPS) is 11.8. The van der Waals surface area contributed by atoms with Crippen molar-refractivity contribution in [2.75, 3.05) is 0 Å². The number of hydrogen-bond acceptors (Lipinski definition) is 3. The molecule has 0 saturated carbocycles. The Morgan fingerprint density at radius 3 is 2.29 bits per heavy atom. The lowest BCUT2D eigenvalue weighted by atomic mass is 10.1. The molecule has 0 aromatic carbocycles. The molecular weight excluding hydrogens is 180 g/mol. The highest BCUT2D eigenvalue weighted by molar-refractivity contribution is 5.82. The van der Waals surface area contributed by atoms with E-state index >= 15 is 0 Å². The summed E-state index contributed by atoms with van der Waals surface area (Å²) in [5.74, 6) is 1.08. The van der Waals surface area contributed by atoms with Gasteiger partial charge in [0.05, 0.1) is 5.54 Å². The highest BCUT2D eigenvalue weighted by Gasteiger charge is 2.24. The number of nitrogens with zero attached hydrogens (tertiary/aromatic N) is 3. The molecule has 1 aromatic heterocycles. The van der Waals surface area contributed by atoms with E-state index < -0.39 is 0 Å². The van der Waals surface area contributed by atoms with Gasteiger partial charge in [-0.05, 0) is 27.7 Å². The molecule has 0 radical (unpaired) electrons. The second-order valence-corrected chi connectivity index (χ2v) is 4.50. The van der Waals surface area contributed by atoms with Crippen molar-refractivity contribution in [1.82, 2.24) is 14.8 Å². The molecule has 0 aliphatic rings. The Labute approximate surface area is 83.5 Å². The average Bonchev–Trinajstić information content (AvgIpc) is 2.29. The highest BCUT2D eigenvalue weighted by atomic mass is 16.2. The van der Waals surface area contributed by atoms with Crippen LogP contribution in [-0.2, 0) is 7.05 Å². The van der Waals surface area contributed by atoms with E-state index in [1.165, 1.54) is 0 Å². The molecule has 1 heterocycles. The van der Waals surface area contributed by atoms with Crippen molar-refractivity contribution in [2.24, 2.45) is 7.05 Å². The van der Waals surface area contributed by atoms with E-state index in [0.29, 0.717) is 5.82 Å². The summed E-state index contributed by atoms with van der Waals surface area (Å²) >= 11 is 0. The lowest BCUT2D eigenvalue weighted by Crippen LogP contribution is -2.97. The highest BCUT2D eigenvalue weighted by Crippen LogP contribution is 1.96. The zero-order chi connectivity index (χ0) is 10.9. The third-order valence-corrected chi connectivity index (χ3v) is 1.88. The number of primary amides is 1. The zero-order valence-corrected chi connectivity index (χ0v) is 9.33. The summed E-state index contributed by atoms with van der Waals surface area (Å²) in [6, 6.07) is 0. The number of rotatable bonds is 1. The van der Waals surface area contributed by atoms with Crippen LogP contribution in [0.3, 0.4) is 0 Å². The van der Waals surface area contributed by atoms with E-state index in [9.17, 15) is 4.79 Å². The van der Waals surface area contributed by atoms with Crippen LogP contribution in [0.25, 0.3) is 0 Å². The van der Waals surface area contributed by atoms with Crippen molar-refractivity contribution in [1.29, 1.82) is 0 Å². The summed E-state index contributed by atoms with van der Waals surface area (Å²) in [5.41, 5.74) is -0.128. The number of quaternary nitrogens is 1. The van der Waals surface area contributed by atoms with Gasteiger partial charge in [0, 0.05) is 7.05 Å². The topological polar surface area (TPSA) is 64.4 Å². The first-order valence-corrected chi connectivity index (χ1v) is 4.57. The van der Waals surface area contributed by atoms with Crippen LogP contribution in [0.5, 0.6) is 0 Å². The van der Waals surface area contributed by atoms with Gasteiger partial charge >= 0.3 is 5.91 Å². The van der Waals surface area contributed by atoms with Crippen LogP contribution >= 0.6 is 0 Å². The van der Waals surface area contributed by atoms with E-state index in [1.807, 2.05) is 27.7 Å². The van der Waals surface area contributed by atoms with E-state index in [2.05, 4.69) is 10.2 Å². The van der Waals surface area contributed by atoms with Gasteiger partial charge in [-0.25, -0.2) is 4.79 Å². The quantitative estimate of drug-likeness (QED) is 0.668. The SMILES string of the molecule is Cc1nnc(C(=O)[NH2+]C(C)(C)C)n1C. The Morgan fingerprint density at radius 2 is 1.93 bits per heavy atom. The predicted molar refractivity (Wildman–Crippen MR) is 51.7 cm³/mol. The van der Waals surface area contributed by atoms with Gasteiger partial charge in [0.2, 0.25) is 0 Å². The lowest BCUT2D eigenvalue weighted by molar-refractivity contribution is -0.626. The van der Waals surface area contributed by atoms with Crippen LogP contribution in [0, 0.1) is 6.92 Å². The fourth-order valence-corrected chi connectivity index (χ4v) is 1.08. The standard InChI is InChI=1S/C9H16N4O/c1-6-11-12-7(13(6)5)8(14)10-9(2,3)4/h1-5H3,(H,10,14)/p+1. The summed E-state index contributed by atoms with van der Waals surface area (Å²) in [7, 11) is 1.79. The smallest absolute Gasteiger partial charge is 0.307 e. The average molecular weight is 197 g/mol. The Kier molecular flexibility index (Phi) is 2.71. The number of aromatic nitrogens is 3. The van der Waals surface area contributed by atoms with Crippen LogP contribution in [0.15, 0.2) is 0 Å². The van der Waals surface area contributed by atoms with Crippen LogP contribution in [0.1, 0.15) is 37.2 Å². The van der Waals surface area contributed by atoms with Crippen LogP contribution < -0.4 is 5.32 Å². The Morgan fingerprint density at radius 1 is 1.36 bits per heavy atom. The molecule has 0 aliphatic carbocycles. The van der Waals surface area contributed by atoms with Gasteiger partial charge in [0.1, 0.15) is 5.82 Å². The minimum Gasteiger partial charge on any atom is -0.307 e. The maximum atomic E-state index is 11.7. The molecule has 1 aromatic rings. The first-order chi connectivity index (χ1) is 6.31. The number of nitrogens with two attached hydrogens (primary N) is 1. The van der Waals surface area contributed by atoms with Crippen molar-refractivity contribution in [3.8, 4) is 0 Å². The van der Waals surface area contributed by atoms with Crippen LogP contribution in [-0.4, -0.2) is 26.2 Å². The molecule has 5 nitrogen and oxygen atoms in total. The van der Waals surface area contributed by atoms with E-state index in [0.717, 1.165) is 5.82 Å². The number of aryl methyl sites for hydroxylation is 1. The molecule has 0 fully saturated rings. The summed E-state index contributed by atoms with van der Waals surface area (Å²) < 4.78 is 1.70.